The molecule has 50 heavy (non-hydrogen) atoms. The zero-order valence-electron chi connectivity index (χ0n) is 27.5. The minimum Gasteiger partial charge on any atom is -0.0616 e. The average Bonchev–Trinajstić information content (AvgIpc) is 3.19. The third kappa shape index (κ3) is 4.46. The Hall–Kier alpha value is -6.50. The summed E-state index contributed by atoms with van der Waals surface area (Å²) in [6.07, 6.45) is 0. The maximum atomic E-state index is 2.35. The van der Waals surface area contributed by atoms with Gasteiger partial charge in [-0.2, -0.15) is 0 Å². The molecule has 0 spiro atoms. The van der Waals surface area contributed by atoms with E-state index in [1.165, 1.54) is 98.4 Å². The summed E-state index contributed by atoms with van der Waals surface area (Å²) in [4.78, 5) is 0. The molecule has 0 N–H and O–H groups in total. The van der Waals surface area contributed by atoms with Gasteiger partial charge in [0, 0.05) is 0 Å². The van der Waals surface area contributed by atoms with Gasteiger partial charge >= 0.3 is 0 Å². The predicted molar refractivity (Wildman–Crippen MR) is 216 cm³/mol. The van der Waals surface area contributed by atoms with Crippen LogP contribution >= 0.6 is 0 Å². The molecule has 0 saturated heterocycles. The SMILES string of the molecule is c1ccc(-c2c3ccccc3c(-c3ccc(-c4cc5ccccc5c5ccccc45)cc3)c3ccccc23)c(-c2cccc3ccccc23)c1. The van der Waals surface area contributed by atoms with E-state index in [2.05, 4.69) is 194 Å². The summed E-state index contributed by atoms with van der Waals surface area (Å²) in [5.41, 5.74) is 10.0. The maximum absolute atomic E-state index is 2.35. The van der Waals surface area contributed by atoms with Crippen molar-refractivity contribution in [3.05, 3.63) is 194 Å². The summed E-state index contributed by atoms with van der Waals surface area (Å²) in [5.74, 6) is 0. The van der Waals surface area contributed by atoms with E-state index >= 15 is 0 Å². The molecule has 0 aliphatic heterocycles. The van der Waals surface area contributed by atoms with Crippen LogP contribution < -0.4 is 0 Å². The molecule has 0 saturated carbocycles. The molecule has 10 aromatic carbocycles. The molecule has 0 heterocycles. The van der Waals surface area contributed by atoms with Crippen LogP contribution in [-0.4, -0.2) is 0 Å². The Morgan fingerprint density at radius 2 is 0.640 bits per heavy atom. The summed E-state index contributed by atoms with van der Waals surface area (Å²) in [6, 6.07) is 71.3. The lowest BCUT2D eigenvalue weighted by atomic mass is 9.83. The molecule has 10 aromatic rings. The fourth-order valence-electron chi connectivity index (χ4n) is 8.24. The van der Waals surface area contributed by atoms with E-state index in [-0.39, 0.29) is 0 Å². The van der Waals surface area contributed by atoms with Crippen LogP contribution in [0.2, 0.25) is 0 Å². The smallest absolute Gasteiger partial charge is 0.00201 e. The molecule has 0 atom stereocenters. The monoisotopic (exact) mass is 632 g/mol. The first-order valence-electron chi connectivity index (χ1n) is 17.4. The van der Waals surface area contributed by atoms with Crippen molar-refractivity contribution < 1.29 is 0 Å². The molecular formula is C50H32. The fourth-order valence-corrected chi connectivity index (χ4v) is 8.24. The first-order chi connectivity index (χ1) is 24.8. The Morgan fingerprint density at radius 1 is 0.200 bits per heavy atom. The first-order valence-corrected chi connectivity index (χ1v) is 17.4. The molecule has 0 aliphatic carbocycles. The number of hydrogen-bond donors (Lipinski definition) is 0. The lowest BCUT2D eigenvalue weighted by Crippen LogP contribution is -1.93. The largest absolute Gasteiger partial charge is 0.0616 e. The third-order valence-electron chi connectivity index (χ3n) is 10.5. The highest BCUT2D eigenvalue weighted by atomic mass is 14.2. The van der Waals surface area contributed by atoms with Gasteiger partial charge in [-0.05, 0) is 104 Å². The number of benzene rings is 10. The van der Waals surface area contributed by atoms with E-state index < -0.39 is 0 Å². The van der Waals surface area contributed by atoms with E-state index in [1.807, 2.05) is 0 Å². The van der Waals surface area contributed by atoms with Crippen molar-refractivity contribution in [3.63, 3.8) is 0 Å². The van der Waals surface area contributed by atoms with Crippen molar-refractivity contribution in [2.24, 2.45) is 0 Å². The van der Waals surface area contributed by atoms with Crippen molar-refractivity contribution in [3.8, 4) is 44.5 Å². The highest BCUT2D eigenvalue weighted by molar-refractivity contribution is 6.23. The number of fused-ring (bicyclic) bond motifs is 6. The standard InChI is InChI=1S/C50H32/c1-3-17-37-33(14-1)16-13-27-40(37)41-20-7-8-22-43(41)50-46-25-11-9-23-44(46)49(45-24-10-12-26-47(45)50)35-30-28-34(29-31-35)48-32-36-15-2-4-18-38(36)39-19-5-6-21-42(39)48/h1-32H. The van der Waals surface area contributed by atoms with Crippen LogP contribution in [0, 0.1) is 0 Å². The Morgan fingerprint density at radius 3 is 1.32 bits per heavy atom. The second-order valence-corrected chi connectivity index (χ2v) is 13.2. The number of hydrogen-bond acceptors (Lipinski definition) is 0. The highest BCUT2D eigenvalue weighted by Gasteiger charge is 2.19. The summed E-state index contributed by atoms with van der Waals surface area (Å²) in [6.45, 7) is 0. The molecule has 0 unspecified atom stereocenters. The van der Waals surface area contributed by atoms with Crippen LogP contribution in [0.5, 0.6) is 0 Å². The van der Waals surface area contributed by atoms with Gasteiger partial charge in [0.1, 0.15) is 0 Å². The van der Waals surface area contributed by atoms with Crippen molar-refractivity contribution in [1.29, 1.82) is 0 Å². The van der Waals surface area contributed by atoms with Crippen molar-refractivity contribution in [2.45, 2.75) is 0 Å². The van der Waals surface area contributed by atoms with E-state index in [0.29, 0.717) is 0 Å². The molecule has 0 amide bonds. The second kappa shape index (κ2) is 11.6. The number of rotatable bonds is 4. The molecule has 0 nitrogen and oxygen atoms in total. The second-order valence-electron chi connectivity index (χ2n) is 13.2. The third-order valence-corrected chi connectivity index (χ3v) is 10.5. The fraction of sp³-hybridized carbons (Fsp3) is 0. The zero-order valence-corrected chi connectivity index (χ0v) is 27.5. The van der Waals surface area contributed by atoms with E-state index in [0.717, 1.165) is 0 Å². The topological polar surface area (TPSA) is 0 Å². The van der Waals surface area contributed by atoms with Gasteiger partial charge in [0.05, 0.1) is 0 Å². The molecule has 0 aliphatic rings. The van der Waals surface area contributed by atoms with E-state index in [9.17, 15) is 0 Å². The zero-order chi connectivity index (χ0) is 33.0. The van der Waals surface area contributed by atoms with Crippen LogP contribution in [-0.2, 0) is 0 Å². The quantitative estimate of drug-likeness (QED) is 0.134. The molecule has 232 valence electrons. The van der Waals surface area contributed by atoms with Gasteiger partial charge < -0.3 is 0 Å². The molecule has 10 rings (SSSR count). The Kier molecular flexibility index (Phi) is 6.60. The first kappa shape index (κ1) is 28.5. The van der Waals surface area contributed by atoms with Gasteiger partial charge in [0.25, 0.3) is 0 Å². The van der Waals surface area contributed by atoms with Crippen molar-refractivity contribution in [2.75, 3.05) is 0 Å². The molecule has 0 heteroatoms. The average molecular weight is 633 g/mol. The molecule has 0 radical (unpaired) electrons. The van der Waals surface area contributed by atoms with Crippen LogP contribution in [0.4, 0.5) is 0 Å². The molecule has 0 bridgehead atoms. The van der Waals surface area contributed by atoms with E-state index in [4.69, 9.17) is 0 Å². The summed E-state index contributed by atoms with van der Waals surface area (Å²) in [5, 5.41) is 12.7. The lowest BCUT2D eigenvalue weighted by Gasteiger charge is -2.20. The summed E-state index contributed by atoms with van der Waals surface area (Å²) >= 11 is 0. The summed E-state index contributed by atoms with van der Waals surface area (Å²) in [7, 11) is 0. The Bertz CT molecular complexity index is 2850. The van der Waals surface area contributed by atoms with Crippen molar-refractivity contribution >= 4 is 53.9 Å². The molecule has 0 aromatic heterocycles. The predicted octanol–water partition coefficient (Wildman–Crippen LogP) is 14.1. The van der Waals surface area contributed by atoms with Crippen molar-refractivity contribution in [1.82, 2.24) is 0 Å². The van der Waals surface area contributed by atoms with Gasteiger partial charge in [-0.3, -0.25) is 0 Å². The molecule has 0 fully saturated rings. The van der Waals surface area contributed by atoms with Gasteiger partial charge in [-0.1, -0.05) is 188 Å². The van der Waals surface area contributed by atoms with E-state index in [1.54, 1.807) is 0 Å². The van der Waals surface area contributed by atoms with Crippen LogP contribution in [0.15, 0.2) is 194 Å². The lowest BCUT2D eigenvalue weighted by molar-refractivity contribution is 1.62. The molecular weight excluding hydrogens is 601 g/mol. The maximum Gasteiger partial charge on any atom is -0.00201 e. The van der Waals surface area contributed by atoms with Crippen LogP contribution in [0.3, 0.4) is 0 Å². The normalized spacial score (nSPS) is 11.6. The van der Waals surface area contributed by atoms with Gasteiger partial charge in [0.2, 0.25) is 0 Å². The Labute approximate surface area is 291 Å². The highest BCUT2D eigenvalue weighted by Crippen LogP contribution is 2.47. The summed E-state index contributed by atoms with van der Waals surface area (Å²) < 4.78 is 0. The van der Waals surface area contributed by atoms with Gasteiger partial charge in [0.15, 0.2) is 0 Å². The van der Waals surface area contributed by atoms with Crippen LogP contribution in [0.25, 0.3) is 98.4 Å². The van der Waals surface area contributed by atoms with Gasteiger partial charge in [-0.25, -0.2) is 0 Å². The minimum absolute atomic E-state index is 1.22. The Balaban J connectivity index is 1.19. The van der Waals surface area contributed by atoms with Gasteiger partial charge in [-0.15, -0.1) is 0 Å². The minimum atomic E-state index is 1.22. The van der Waals surface area contributed by atoms with Crippen LogP contribution in [0.1, 0.15) is 0 Å².